The summed E-state index contributed by atoms with van der Waals surface area (Å²) in [6.45, 7) is 6.21. The molecule has 0 amide bonds. The van der Waals surface area contributed by atoms with Crippen molar-refractivity contribution in [3.63, 3.8) is 0 Å². The van der Waals surface area contributed by atoms with Crippen LogP contribution in [0, 0.1) is 11.3 Å². The first-order chi connectivity index (χ1) is 5.56. The molecule has 0 unspecified atom stereocenters. The first kappa shape index (κ1) is 9.76. The Balaban J connectivity index is 2.25. The minimum atomic E-state index is -0.0745. The Bertz CT molecular complexity index is 166. The van der Waals surface area contributed by atoms with Crippen molar-refractivity contribution in [3.05, 3.63) is 0 Å². The van der Waals surface area contributed by atoms with Gasteiger partial charge in [-0.25, -0.2) is 0 Å². The summed E-state index contributed by atoms with van der Waals surface area (Å²) in [5.41, 5.74) is -0.0745. The molecule has 0 aliphatic heterocycles. The fourth-order valence-electron chi connectivity index (χ4n) is 1.28. The van der Waals surface area contributed by atoms with Gasteiger partial charge in [0, 0.05) is 11.8 Å². The molecule has 1 fully saturated rings. The zero-order chi connectivity index (χ0) is 9.19. The quantitative estimate of drug-likeness (QED) is 0.616. The summed E-state index contributed by atoms with van der Waals surface area (Å²) >= 11 is 0. The van der Waals surface area contributed by atoms with Crippen LogP contribution in [0.25, 0.3) is 0 Å². The predicted molar refractivity (Wildman–Crippen MR) is 51.0 cm³/mol. The van der Waals surface area contributed by atoms with Crippen molar-refractivity contribution in [2.45, 2.75) is 52.9 Å². The van der Waals surface area contributed by atoms with Gasteiger partial charge in [0.15, 0.2) is 0 Å². The molecule has 1 heteroatoms. The highest BCUT2D eigenvalue weighted by molar-refractivity contribution is 5.83. The molecule has 1 aliphatic carbocycles. The first-order valence-corrected chi connectivity index (χ1v) is 5.09. The molecule has 70 valence electrons. The van der Waals surface area contributed by atoms with Crippen LogP contribution in [0.5, 0.6) is 0 Å². The molecule has 0 saturated heterocycles. The van der Waals surface area contributed by atoms with Crippen LogP contribution < -0.4 is 0 Å². The maximum absolute atomic E-state index is 11.6. The van der Waals surface area contributed by atoms with Crippen LogP contribution in [0.15, 0.2) is 0 Å². The second-order valence-corrected chi connectivity index (χ2v) is 4.64. The highest BCUT2D eigenvalue weighted by atomic mass is 16.1. The van der Waals surface area contributed by atoms with Gasteiger partial charge in [-0.2, -0.15) is 0 Å². The third-order valence-corrected chi connectivity index (χ3v) is 3.12. The lowest BCUT2D eigenvalue weighted by molar-refractivity contribution is -0.127. The van der Waals surface area contributed by atoms with Gasteiger partial charge in [0.05, 0.1) is 0 Å². The van der Waals surface area contributed by atoms with E-state index >= 15 is 0 Å². The predicted octanol–water partition coefficient (Wildman–Crippen LogP) is 3.18. The van der Waals surface area contributed by atoms with E-state index in [9.17, 15) is 4.79 Å². The maximum atomic E-state index is 11.6. The third-order valence-electron chi connectivity index (χ3n) is 3.12. The first-order valence-electron chi connectivity index (χ1n) is 5.09. The largest absolute Gasteiger partial charge is 0.299 e. The second kappa shape index (κ2) is 3.59. The monoisotopic (exact) mass is 168 g/mol. The Morgan fingerprint density at radius 3 is 2.42 bits per heavy atom. The molecular weight excluding hydrogens is 148 g/mol. The van der Waals surface area contributed by atoms with Crippen molar-refractivity contribution in [1.29, 1.82) is 0 Å². The number of carbonyl (C=O) groups excluding carboxylic acids is 1. The van der Waals surface area contributed by atoms with E-state index in [1.807, 2.05) is 0 Å². The van der Waals surface area contributed by atoms with Gasteiger partial charge >= 0.3 is 0 Å². The van der Waals surface area contributed by atoms with Crippen LogP contribution in [0.2, 0.25) is 0 Å². The summed E-state index contributed by atoms with van der Waals surface area (Å²) in [4.78, 5) is 11.6. The van der Waals surface area contributed by atoms with Crippen LogP contribution in [0.3, 0.4) is 0 Å². The summed E-state index contributed by atoms with van der Waals surface area (Å²) in [6.07, 6.45) is 5.64. The molecule has 0 heterocycles. The highest BCUT2D eigenvalue weighted by Gasteiger charge is 2.28. The number of ketones is 1. The highest BCUT2D eigenvalue weighted by Crippen LogP contribution is 2.35. The molecule has 1 rings (SSSR count). The SMILES string of the molecule is CCC(C)(C)C(=O)CCC1CC1. The van der Waals surface area contributed by atoms with Gasteiger partial charge in [-0.05, 0) is 18.8 Å². The third kappa shape index (κ3) is 2.62. The van der Waals surface area contributed by atoms with E-state index in [1.165, 1.54) is 12.8 Å². The van der Waals surface area contributed by atoms with E-state index in [-0.39, 0.29) is 5.41 Å². The second-order valence-electron chi connectivity index (χ2n) is 4.64. The standard InChI is InChI=1S/C11H20O/c1-4-11(2,3)10(12)8-7-9-5-6-9/h9H,4-8H2,1-3H3. The molecule has 0 aromatic rings. The number of Topliss-reactive ketones (excluding diaryl/α,β-unsaturated/α-hetero) is 1. The van der Waals surface area contributed by atoms with Gasteiger partial charge in [-0.1, -0.05) is 33.6 Å². The Hall–Kier alpha value is -0.330. The Labute approximate surface area is 75.5 Å². The molecule has 0 atom stereocenters. The minimum Gasteiger partial charge on any atom is -0.299 e. The lowest BCUT2D eigenvalue weighted by Gasteiger charge is -2.20. The van der Waals surface area contributed by atoms with E-state index in [0.717, 1.165) is 25.2 Å². The average molecular weight is 168 g/mol. The lowest BCUT2D eigenvalue weighted by atomic mass is 9.83. The van der Waals surface area contributed by atoms with E-state index in [2.05, 4.69) is 20.8 Å². The fourth-order valence-corrected chi connectivity index (χ4v) is 1.28. The van der Waals surface area contributed by atoms with E-state index < -0.39 is 0 Å². The van der Waals surface area contributed by atoms with Crippen molar-refractivity contribution in [3.8, 4) is 0 Å². The Morgan fingerprint density at radius 1 is 1.42 bits per heavy atom. The summed E-state index contributed by atoms with van der Waals surface area (Å²) < 4.78 is 0. The summed E-state index contributed by atoms with van der Waals surface area (Å²) in [7, 11) is 0. The molecule has 0 N–H and O–H groups in total. The van der Waals surface area contributed by atoms with Crippen molar-refractivity contribution in [2.75, 3.05) is 0 Å². The van der Waals surface area contributed by atoms with E-state index in [1.54, 1.807) is 0 Å². The van der Waals surface area contributed by atoms with E-state index in [4.69, 9.17) is 0 Å². The van der Waals surface area contributed by atoms with Gasteiger partial charge in [-0.3, -0.25) is 4.79 Å². The van der Waals surface area contributed by atoms with Crippen LogP contribution >= 0.6 is 0 Å². The number of rotatable bonds is 5. The average Bonchev–Trinajstić information content (AvgIpc) is 2.83. The summed E-state index contributed by atoms with van der Waals surface area (Å²) in [5.74, 6) is 1.35. The van der Waals surface area contributed by atoms with Crippen LogP contribution in [-0.2, 0) is 4.79 Å². The zero-order valence-corrected chi connectivity index (χ0v) is 8.52. The fraction of sp³-hybridized carbons (Fsp3) is 0.909. The topological polar surface area (TPSA) is 17.1 Å². The smallest absolute Gasteiger partial charge is 0.138 e. The van der Waals surface area contributed by atoms with Gasteiger partial charge in [0.25, 0.3) is 0 Å². The Kier molecular flexibility index (Phi) is 2.92. The minimum absolute atomic E-state index is 0.0745. The lowest BCUT2D eigenvalue weighted by Crippen LogP contribution is -2.22. The van der Waals surface area contributed by atoms with Crippen molar-refractivity contribution in [2.24, 2.45) is 11.3 Å². The molecule has 0 spiro atoms. The molecule has 0 bridgehead atoms. The number of hydrogen-bond acceptors (Lipinski definition) is 1. The normalized spacial score (nSPS) is 17.9. The van der Waals surface area contributed by atoms with Gasteiger partial charge in [-0.15, -0.1) is 0 Å². The van der Waals surface area contributed by atoms with Gasteiger partial charge in [0.1, 0.15) is 5.78 Å². The van der Waals surface area contributed by atoms with Crippen LogP contribution in [-0.4, -0.2) is 5.78 Å². The van der Waals surface area contributed by atoms with Crippen molar-refractivity contribution in [1.82, 2.24) is 0 Å². The van der Waals surface area contributed by atoms with Crippen molar-refractivity contribution < 1.29 is 4.79 Å². The zero-order valence-electron chi connectivity index (χ0n) is 8.52. The van der Waals surface area contributed by atoms with Crippen LogP contribution in [0.4, 0.5) is 0 Å². The number of carbonyl (C=O) groups is 1. The van der Waals surface area contributed by atoms with Crippen molar-refractivity contribution >= 4 is 5.78 Å². The molecule has 1 saturated carbocycles. The van der Waals surface area contributed by atoms with Gasteiger partial charge in [0.2, 0.25) is 0 Å². The Morgan fingerprint density at radius 2 is 2.00 bits per heavy atom. The number of hydrogen-bond donors (Lipinski definition) is 0. The molecule has 0 aromatic heterocycles. The molecule has 1 nitrogen and oxygen atoms in total. The summed E-state index contributed by atoms with van der Waals surface area (Å²) in [6, 6.07) is 0. The maximum Gasteiger partial charge on any atom is 0.138 e. The molecular formula is C11H20O. The molecule has 0 radical (unpaired) electrons. The molecule has 12 heavy (non-hydrogen) atoms. The molecule has 1 aliphatic rings. The van der Waals surface area contributed by atoms with Gasteiger partial charge < -0.3 is 0 Å². The van der Waals surface area contributed by atoms with E-state index in [0.29, 0.717) is 5.78 Å². The summed E-state index contributed by atoms with van der Waals surface area (Å²) in [5, 5.41) is 0. The molecule has 0 aromatic carbocycles. The van der Waals surface area contributed by atoms with Crippen LogP contribution in [0.1, 0.15) is 52.9 Å².